The molecule has 0 unspecified atom stereocenters. The Kier molecular flexibility index (Phi) is 4.52. The Morgan fingerprint density at radius 2 is 1.22 bits per heavy atom. The smallest absolute Gasteiger partial charge is 0.0991 e. The molecule has 0 bridgehead atoms. The molecule has 0 saturated heterocycles. The maximum atomic E-state index is 9.07. The lowest BCUT2D eigenvalue weighted by Gasteiger charge is -2.12. The van der Waals surface area contributed by atoms with Crippen molar-refractivity contribution < 1.29 is 0 Å². The third-order valence-corrected chi connectivity index (χ3v) is 6.91. The van der Waals surface area contributed by atoms with Crippen molar-refractivity contribution in [2.45, 2.75) is 0 Å². The molecule has 0 atom stereocenters. The normalized spacial score (nSPS) is 11.3. The van der Waals surface area contributed by atoms with Crippen LogP contribution in [0.5, 0.6) is 0 Å². The minimum absolute atomic E-state index is 0.666. The number of benzene rings is 5. The molecule has 3 nitrogen and oxygen atoms in total. The monoisotopic (exact) mass is 457 g/mol. The highest BCUT2D eigenvalue weighted by Crippen LogP contribution is 2.36. The van der Waals surface area contributed by atoms with Crippen molar-refractivity contribution in [3.05, 3.63) is 121 Å². The maximum absolute atomic E-state index is 9.07. The summed E-state index contributed by atoms with van der Waals surface area (Å²) in [7, 11) is 0. The minimum atomic E-state index is 0.666. The summed E-state index contributed by atoms with van der Waals surface area (Å²) in [4.78, 5) is 9.93. The standard InChI is InChI=1S/C33H19N3/c34-20-21-7-9-22(10-8-21)23-11-13-25(14-12-23)30-19-27-18-26-16-15-24-4-1-2-5-28(24)31(26)36-32(27)33-29(30)6-3-17-35-33/h1-19H. The molecule has 0 N–H and O–H groups in total. The molecule has 0 spiro atoms. The predicted octanol–water partition coefficient (Wildman–Crippen LogP) is 8.30. The van der Waals surface area contributed by atoms with Crippen LogP contribution in [0.4, 0.5) is 0 Å². The first kappa shape index (κ1) is 20.3. The van der Waals surface area contributed by atoms with Gasteiger partial charge in [-0.25, -0.2) is 4.98 Å². The van der Waals surface area contributed by atoms with E-state index in [-0.39, 0.29) is 0 Å². The highest BCUT2D eigenvalue weighted by atomic mass is 14.7. The summed E-state index contributed by atoms with van der Waals surface area (Å²) in [6, 6.07) is 39.7. The summed E-state index contributed by atoms with van der Waals surface area (Å²) in [5, 5.41) is 14.7. The van der Waals surface area contributed by atoms with E-state index in [1.807, 2.05) is 36.5 Å². The van der Waals surface area contributed by atoms with E-state index in [2.05, 4.69) is 84.9 Å². The molecule has 7 rings (SSSR count). The van der Waals surface area contributed by atoms with Crippen molar-refractivity contribution in [1.29, 1.82) is 5.26 Å². The van der Waals surface area contributed by atoms with Crippen LogP contribution in [0, 0.1) is 11.3 Å². The molecular weight excluding hydrogens is 438 g/mol. The lowest BCUT2D eigenvalue weighted by Crippen LogP contribution is -1.91. The number of aromatic nitrogens is 2. The number of nitriles is 1. The molecule has 2 aromatic heterocycles. The van der Waals surface area contributed by atoms with E-state index in [1.54, 1.807) is 0 Å². The molecule has 0 fully saturated rings. The molecule has 0 aliphatic heterocycles. The number of pyridine rings is 2. The van der Waals surface area contributed by atoms with Crippen molar-refractivity contribution in [1.82, 2.24) is 9.97 Å². The Bertz CT molecular complexity index is 1980. The van der Waals surface area contributed by atoms with Gasteiger partial charge in [0.25, 0.3) is 0 Å². The summed E-state index contributed by atoms with van der Waals surface area (Å²) in [5.74, 6) is 0. The first-order valence-corrected chi connectivity index (χ1v) is 11.9. The van der Waals surface area contributed by atoms with Gasteiger partial charge in [-0.1, -0.05) is 78.9 Å². The van der Waals surface area contributed by atoms with Gasteiger partial charge >= 0.3 is 0 Å². The average Bonchev–Trinajstić information content (AvgIpc) is 2.96. The molecule has 0 amide bonds. The Morgan fingerprint density at radius 3 is 2.03 bits per heavy atom. The first-order valence-electron chi connectivity index (χ1n) is 11.9. The molecular formula is C33H19N3. The highest BCUT2D eigenvalue weighted by molar-refractivity contribution is 6.15. The van der Waals surface area contributed by atoms with Crippen molar-refractivity contribution in [3.63, 3.8) is 0 Å². The Morgan fingerprint density at radius 1 is 0.528 bits per heavy atom. The summed E-state index contributed by atoms with van der Waals surface area (Å²) in [6.45, 7) is 0. The van der Waals surface area contributed by atoms with E-state index in [1.165, 1.54) is 5.39 Å². The second-order valence-corrected chi connectivity index (χ2v) is 9.01. The van der Waals surface area contributed by atoms with Gasteiger partial charge in [0.15, 0.2) is 0 Å². The summed E-state index contributed by atoms with van der Waals surface area (Å²) in [5.41, 5.74) is 7.99. The van der Waals surface area contributed by atoms with Crippen molar-refractivity contribution in [2.24, 2.45) is 0 Å². The topological polar surface area (TPSA) is 49.6 Å². The van der Waals surface area contributed by atoms with E-state index in [9.17, 15) is 0 Å². The third kappa shape index (κ3) is 3.20. The third-order valence-electron chi connectivity index (χ3n) is 6.91. The number of rotatable bonds is 2. The molecule has 166 valence electrons. The van der Waals surface area contributed by atoms with Crippen LogP contribution in [0.1, 0.15) is 5.56 Å². The van der Waals surface area contributed by atoms with Crippen LogP contribution in [0.2, 0.25) is 0 Å². The van der Waals surface area contributed by atoms with Gasteiger partial charge in [0, 0.05) is 27.7 Å². The number of hydrogen-bond donors (Lipinski definition) is 0. The Hall–Kier alpha value is -5.07. The van der Waals surface area contributed by atoms with Crippen LogP contribution >= 0.6 is 0 Å². The van der Waals surface area contributed by atoms with Crippen molar-refractivity contribution in [3.8, 4) is 28.3 Å². The van der Waals surface area contributed by atoms with Crippen molar-refractivity contribution >= 4 is 43.5 Å². The SMILES string of the molecule is N#Cc1ccc(-c2ccc(-c3cc4cc5ccc6ccccc6c5nc4c4ncccc34)cc2)cc1. The molecule has 5 aromatic carbocycles. The van der Waals surface area contributed by atoms with E-state index >= 15 is 0 Å². The molecule has 2 heterocycles. The van der Waals surface area contributed by atoms with E-state index in [0.717, 1.165) is 60.3 Å². The van der Waals surface area contributed by atoms with Crippen LogP contribution in [-0.4, -0.2) is 9.97 Å². The zero-order valence-electron chi connectivity index (χ0n) is 19.3. The number of nitrogens with zero attached hydrogens (tertiary/aromatic N) is 3. The Labute approximate surface area is 207 Å². The maximum Gasteiger partial charge on any atom is 0.0991 e. The Balaban J connectivity index is 1.43. The minimum Gasteiger partial charge on any atom is -0.254 e. The van der Waals surface area contributed by atoms with E-state index in [4.69, 9.17) is 15.2 Å². The molecule has 0 radical (unpaired) electrons. The van der Waals surface area contributed by atoms with Crippen LogP contribution in [-0.2, 0) is 0 Å². The molecule has 0 aliphatic rings. The van der Waals surface area contributed by atoms with Gasteiger partial charge in [0.05, 0.1) is 28.2 Å². The van der Waals surface area contributed by atoms with Crippen LogP contribution in [0.15, 0.2) is 115 Å². The van der Waals surface area contributed by atoms with E-state index in [0.29, 0.717) is 5.56 Å². The molecule has 3 heteroatoms. The highest BCUT2D eigenvalue weighted by Gasteiger charge is 2.13. The molecule has 0 saturated carbocycles. The summed E-state index contributed by atoms with van der Waals surface area (Å²) in [6.07, 6.45) is 1.84. The quantitative estimate of drug-likeness (QED) is 0.194. The fourth-order valence-corrected chi connectivity index (χ4v) is 5.09. The van der Waals surface area contributed by atoms with Gasteiger partial charge in [-0.3, -0.25) is 4.98 Å². The zero-order chi connectivity index (χ0) is 24.1. The van der Waals surface area contributed by atoms with Gasteiger partial charge in [-0.05, 0) is 58.0 Å². The summed E-state index contributed by atoms with van der Waals surface area (Å²) < 4.78 is 0. The lowest BCUT2D eigenvalue weighted by molar-refractivity contribution is 1.40. The largest absolute Gasteiger partial charge is 0.254 e. The van der Waals surface area contributed by atoms with Crippen LogP contribution in [0.25, 0.3) is 65.7 Å². The summed E-state index contributed by atoms with van der Waals surface area (Å²) >= 11 is 0. The number of hydrogen-bond acceptors (Lipinski definition) is 3. The van der Waals surface area contributed by atoms with Gasteiger partial charge in [-0.2, -0.15) is 5.26 Å². The second kappa shape index (κ2) is 8.01. The predicted molar refractivity (Wildman–Crippen MR) is 148 cm³/mol. The van der Waals surface area contributed by atoms with Gasteiger partial charge < -0.3 is 0 Å². The van der Waals surface area contributed by atoms with Gasteiger partial charge in [0.1, 0.15) is 0 Å². The van der Waals surface area contributed by atoms with Gasteiger partial charge in [-0.15, -0.1) is 0 Å². The first-order chi connectivity index (χ1) is 17.8. The average molecular weight is 458 g/mol. The van der Waals surface area contributed by atoms with Crippen molar-refractivity contribution in [2.75, 3.05) is 0 Å². The van der Waals surface area contributed by atoms with E-state index < -0.39 is 0 Å². The second-order valence-electron chi connectivity index (χ2n) is 9.01. The van der Waals surface area contributed by atoms with Crippen LogP contribution in [0.3, 0.4) is 0 Å². The van der Waals surface area contributed by atoms with Crippen LogP contribution < -0.4 is 0 Å². The zero-order valence-corrected chi connectivity index (χ0v) is 19.3. The number of fused-ring (bicyclic) bond motifs is 6. The molecule has 36 heavy (non-hydrogen) atoms. The molecule has 7 aromatic rings. The lowest BCUT2D eigenvalue weighted by atomic mass is 9.95. The molecule has 0 aliphatic carbocycles. The fraction of sp³-hybridized carbons (Fsp3) is 0. The fourth-order valence-electron chi connectivity index (χ4n) is 5.09. The van der Waals surface area contributed by atoms with Gasteiger partial charge in [0.2, 0.25) is 0 Å².